The lowest BCUT2D eigenvalue weighted by atomic mass is 10.1. The average Bonchev–Trinajstić information content (AvgIpc) is 3.60. The molecule has 0 saturated heterocycles. The minimum Gasteiger partial charge on any atom is -0.478 e. The van der Waals surface area contributed by atoms with E-state index in [-0.39, 0.29) is 5.56 Å². The lowest BCUT2D eigenvalue weighted by Gasteiger charge is -2.13. The number of primary amides is 1. The second-order valence-electron chi connectivity index (χ2n) is 8.95. The van der Waals surface area contributed by atoms with E-state index in [1.54, 1.807) is 41.8 Å². The van der Waals surface area contributed by atoms with Crippen molar-refractivity contribution in [3.8, 4) is 21.1 Å². The molecule has 6 aromatic rings. The third kappa shape index (κ3) is 3.70. The number of aryl methyl sites for hydroxylation is 2. The molecule has 0 aliphatic heterocycles. The van der Waals surface area contributed by atoms with Crippen LogP contribution in [0.2, 0.25) is 0 Å². The Morgan fingerprint density at radius 3 is 2.30 bits per heavy atom. The number of carbonyl (C=O) groups excluding carboxylic acids is 1. The van der Waals surface area contributed by atoms with Crippen LogP contribution in [-0.4, -0.2) is 31.1 Å². The highest BCUT2D eigenvalue weighted by atomic mass is 32.1. The minimum absolute atomic E-state index is 0.210. The van der Waals surface area contributed by atoms with Gasteiger partial charge in [0.1, 0.15) is 10.8 Å². The molecule has 37 heavy (non-hydrogen) atoms. The van der Waals surface area contributed by atoms with Crippen LogP contribution in [0.25, 0.3) is 42.9 Å². The molecule has 7 nitrogen and oxygen atoms in total. The number of carboxylic acid groups (broad SMARTS) is 1. The van der Waals surface area contributed by atoms with Gasteiger partial charge in [0.15, 0.2) is 0 Å². The van der Waals surface area contributed by atoms with Crippen molar-refractivity contribution in [3.63, 3.8) is 0 Å². The zero-order chi connectivity index (χ0) is 25.8. The van der Waals surface area contributed by atoms with Gasteiger partial charge in [-0.05, 0) is 73.5 Å². The van der Waals surface area contributed by atoms with Crippen molar-refractivity contribution in [2.45, 2.75) is 13.8 Å². The molecule has 0 saturated carbocycles. The van der Waals surface area contributed by atoms with Gasteiger partial charge >= 0.3 is 5.97 Å². The van der Waals surface area contributed by atoms with E-state index in [1.807, 2.05) is 32.2 Å². The van der Waals surface area contributed by atoms with Gasteiger partial charge in [-0.3, -0.25) is 9.36 Å². The fraction of sp³-hybridized carbons (Fsp3) is 0.0690. The van der Waals surface area contributed by atoms with Gasteiger partial charge in [0, 0.05) is 39.3 Å². The van der Waals surface area contributed by atoms with Crippen molar-refractivity contribution in [2.75, 3.05) is 0 Å². The number of nitrogens with two attached hydrogens (primary N) is 1. The third-order valence-electron chi connectivity index (χ3n) is 6.68. The fourth-order valence-electron chi connectivity index (χ4n) is 4.85. The van der Waals surface area contributed by atoms with Gasteiger partial charge in [-0.15, -0.1) is 11.3 Å². The summed E-state index contributed by atoms with van der Waals surface area (Å²) >= 11 is 1.67. The molecule has 0 spiro atoms. The number of carboxylic acids is 1. The molecule has 182 valence electrons. The standard InChI is InChI=1S/C29H22N4O3S/c1-16-13-19(28(30)34)5-8-23(16)33-24-14-18(26-9-10-27(37-26)32-12-11-31-17(32)2)3-6-21(24)22-7-4-20(29(35)36)15-25(22)33/h3-15H,1-2H3,(H2,30,34)(H,35,36). The molecule has 0 atom stereocenters. The Bertz CT molecular complexity index is 1880. The van der Waals surface area contributed by atoms with E-state index in [4.69, 9.17) is 5.73 Å². The minimum atomic E-state index is -0.985. The summed E-state index contributed by atoms with van der Waals surface area (Å²) in [5.74, 6) is -0.553. The Balaban J connectivity index is 1.60. The molecule has 3 aromatic carbocycles. The number of thiophene rings is 1. The Kier molecular flexibility index (Phi) is 5.20. The number of aromatic nitrogens is 3. The van der Waals surface area contributed by atoms with Gasteiger partial charge in [-0.25, -0.2) is 9.78 Å². The van der Waals surface area contributed by atoms with E-state index in [9.17, 15) is 14.7 Å². The van der Waals surface area contributed by atoms with Crippen LogP contribution in [-0.2, 0) is 0 Å². The average molecular weight is 507 g/mol. The van der Waals surface area contributed by atoms with E-state index in [0.717, 1.165) is 54.3 Å². The molecule has 0 aliphatic carbocycles. The fourth-order valence-corrected chi connectivity index (χ4v) is 5.88. The van der Waals surface area contributed by atoms with E-state index < -0.39 is 11.9 Å². The van der Waals surface area contributed by atoms with E-state index in [1.165, 1.54) is 0 Å². The molecule has 0 aliphatic rings. The number of fused-ring (bicyclic) bond motifs is 3. The number of aromatic carboxylic acids is 1. The molecule has 3 aromatic heterocycles. The normalized spacial score (nSPS) is 11.4. The summed E-state index contributed by atoms with van der Waals surface area (Å²) in [6.07, 6.45) is 3.74. The van der Waals surface area contributed by atoms with Crippen LogP contribution < -0.4 is 5.73 Å². The van der Waals surface area contributed by atoms with Crippen molar-refractivity contribution >= 4 is 45.0 Å². The van der Waals surface area contributed by atoms with Gasteiger partial charge in [0.25, 0.3) is 0 Å². The molecule has 3 heterocycles. The first-order valence-electron chi connectivity index (χ1n) is 11.6. The zero-order valence-corrected chi connectivity index (χ0v) is 20.9. The number of hydrogen-bond acceptors (Lipinski definition) is 4. The lowest BCUT2D eigenvalue weighted by molar-refractivity contribution is 0.0696. The molecule has 8 heteroatoms. The summed E-state index contributed by atoms with van der Waals surface area (Å²) in [6, 6.07) is 21.0. The Morgan fingerprint density at radius 1 is 0.892 bits per heavy atom. The topological polar surface area (TPSA) is 103 Å². The van der Waals surface area contributed by atoms with Crippen LogP contribution in [0.4, 0.5) is 0 Å². The number of amides is 1. The van der Waals surface area contributed by atoms with Crippen molar-refractivity contribution in [2.24, 2.45) is 5.73 Å². The molecule has 0 bridgehead atoms. The Morgan fingerprint density at radius 2 is 1.62 bits per heavy atom. The van der Waals surface area contributed by atoms with Gasteiger partial charge in [0.2, 0.25) is 5.91 Å². The Hall–Kier alpha value is -4.69. The number of hydrogen-bond donors (Lipinski definition) is 2. The van der Waals surface area contributed by atoms with Gasteiger partial charge < -0.3 is 15.4 Å². The molecule has 3 N–H and O–H groups in total. The molecule has 0 radical (unpaired) electrons. The quantitative estimate of drug-likeness (QED) is 0.294. The predicted octanol–water partition coefficient (Wildman–Crippen LogP) is 6.11. The largest absolute Gasteiger partial charge is 0.478 e. The highest BCUT2D eigenvalue weighted by Crippen LogP contribution is 2.38. The van der Waals surface area contributed by atoms with Crippen molar-refractivity contribution < 1.29 is 14.7 Å². The summed E-state index contributed by atoms with van der Waals surface area (Å²) < 4.78 is 4.12. The SMILES string of the molecule is Cc1cc(C(N)=O)ccc1-n1c2cc(C(=O)O)ccc2c2ccc(-c3ccc(-n4ccnc4C)s3)cc21. The molecule has 0 fully saturated rings. The van der Waals surface area contributed by atoms with Crippen LogP contribution in [0.5, 0.6) is 0 Å². The summed E-state index contributed by atoms with van der Waals surface area (Å²) in [4.78, 5) is 29.0. The van der Waals surface area contributed by atoms with E-state index >= 15 is 0 Å². The first-order chi connectivity index (χ1) is 17.8. The predicted molar refractivity (Wildman–Crippen MR) is 146 cm³/mol. The summed E-state index contributed by atoms with van der Waals surface area (Å²) in [5, 5.41) is 12.7. The van der Waals surface area contributed by atoms with Crippen LogP contribution in [0.15, 0.2) is 79.1 Å². The first-order valence-corrected chi connectivity index (χ1v) is 12.5. The summed E-state index contributed by atoms with van der Waals surface area (Å²) in [6.45, 7) is 3.89. The van der Waals surface area contributed by atoms with Crippen LogP contribution in [0.3, 0.4) is 0 Å². The Labute approximate surface area is 216 Å². The van der Waals surface area contributed by atoms with Gasteiger partial charge in [-0.2, -0.15) is 0 Å². The van der Waals surface area contributed by atoms with Crippen molar-refractivity contribution in [1.82, 2.24) is 14.1 Å². The van der Waals surface area contributed by atoms with Gasteiger partial charge in [-0.1, -0.05) is 18.2 Å². The molecule has 1 amide bonds. The summed E-state index contributed by atoms with van der Waals surface area (Å²) in [7, 11) is 0. The van der Waals surface area contributed by atoms with Crippen LogP contribution in [0, 0.1) is 13.8 Å². The lowest BCUT2D eigenvalue weighted by Crippen LogP contribution is -2.11. The molecule has 0 unspecified atom stereocenters. The highest BCUT2D eigenvalue weighted by molar-refractivity contribution is 7.17. The second-order valence-corrected chi connectivity index (χ2v) is 10.0. The smallest absolute Gasteiger partial charge is 0.335 e. The molecular formula is C29H22N4O3S. The number of imidazole rings is 1. The molecule has 6 rings (SSSR count). The van der Waals surface area contributed by atoms with Crippen LogP contribution in [0.1, 0.15) is 32.1 Å². The molecular weight excluding hydrogens is 484 g/mol. The number of benzene rings is 3. The second kappa shape index (κ2) is 8.46. The number of carbonyl (C=O) groups is 2. The summed E-state index contributed by atoms with van der Waals surface area (Å²) in [5.41, 5.74) is 10.6. The number of rotatable bonds is 5. The number of nitrogens with zero attached hydrogens (tertiary/aromatic N) is 3. The van der Waals surface area contributed by atoms with E-state index in [2.05, 4.69) is 44.5 Å². The monoisotopic (exact) mass is 506 g/mol. The highest BCUT2D eigenvalue weighted by Gasteiger charge is 2.18. The first kappa shape index (κ1) is 22.8. The third-order valence-corrected chi connectivity index (χ3v) is 7.81. The van der Waals surface area contributed by atoms with E-state index in [0.29, 0.717) is 5.56 Å². The van der Waals surface area contributed by atoms with Crippen molar-refractivity contribution in [3.05, 3.63) is 102 Å². The zero-order valence-electron chi connectivity index (χ0n) is 20.1. The maximum Gasteiger partial charge on any atom is 0.335 e. The van der Waals surface area contributed by atoms with Gasteiger partial charge in [0.05, 0.1) is 16.6 Å². The van der Waals surface area contributed by atoms with Crippen LogP contribution >= 0.6 is 11.3 Å². The maximum atomic E-state index is 11.8. The maximum absolute atomic E-state index is 11.8. The van der Waals surface area contributed by atoms with Crippen molar-refractivity contribution in [1.29, 1.82) is 0 Å².